The third-order valence-electron chi connectivity index (χ3n) is 3.52. The zero-order valence-corrected chi connectivity index (χ0v) is 12.6. The average molecular weight is 277 g/mol. The summed E-state index contributed by atoms with van der Waals surface area (Å²) >= 11 is 0. The van der Waals surface area contributed by atoms with E-state index in [0.29, 0.717) is 18.0 Å². The zero-order valence-electron chi connectivity index (χ0n) is 12.6. The molecule has 1 aromatic carbocycles. The van der Waals surface area contributed by atoms with Crippen molar-refractivity contribution in [1.29, 1.82) is 0 Å². The molecule has 1 aromatic heterocycles. The van der Waals surface area contributed by atoms with E-state index in [1.165, 1.54) is 0 Å². The molecular formula is C15H23N3O2. The Labute approximate surface area is 119 Å². The number of methoxy groups -OCH3 is 2. The Hall–Kier alpha value is -1.75. The number of fused-ring (bicyclic) bond motifs is 1. The lowest BCUT2D eigenvalue weighted by atomic mass is 10.2. The van der Waals surface area contributed by atoms with Crippen LogP contribution in [0.4, 0.5) is 0 Å². The third-order valence-corrected chi connectivity index (χ3v) is 3.52. The van der Waals surface area contributed by atoms with Crippen LogP contribution in [0, 0.1) is 0 Å². The van der Waals surface area contributed by atoms with E-state index in [-0.39, 0.29) is 6.04 Å². The number of hydrogen-bond donors (Lipinski definition) is 1. The lowest BCUT2D eigenvalue weighted by Crippen LogP contribution is -2.18. The van der Waals surface area contributed by atoms with Gasteiger partial charge in [0.15, 0.2) is 11.5 Å². The standard InChI is InChI=1S/C15H23N3O2/c1-5-6-15-17-11-7-13(19-3)14(20-4)8-12(11)18(15)10(2)9-16/h7-8,10H,5-6,9,16H2,1-4H3. The SMILES string of the molecule is CCCc1nc2cc(OC)c(OC)cc2n1C(C)CN. The van der Waals surface area contributed by atoms with Gasteiger partial charge < -0.3 is 19.8 Å². The van der Waals surface area contributed by atoms with Crippen LogP contribution in [-0.4, -0.2) is 30.3 Å². The monoisotopic (exact) mass is 277 g/mol. The number of nitrogens with zero attached hydrogens (tertiary/aromatic N) is 2. The first kappa shape index (κ1) is 14.7. The van der Waals surface area contributed by atoms with Crippen molar-refractivity contribution in [3.8, 4) is 11.5 Å². The molecule has 110 valence electrons. The largest absolute Gasteiger partial charge is 0.493 e. The Morgan fingerprint density at radius 1 is 1.25 bits per heavy atom. The Morgan fingerprint density at radius 2 is 1.90 bits per heavy atom. The summed E-state index contributed by atoms with van der Waals surface area (Å²) in [5, 5.41) is 0. The molecule has 2 rings (SSSR count). The molecule has 1 unspecified atom stereocenters. The minimum Gasteiger partial charge on any atom is -0.493 e. The lowest BCUT2D eigenvalue weighted by Gasteiger charge is -2.16. The molecule has 1 atom stereocenters. The fourth-order valence-electron chi connectivity index (χ4n) is 2.47. The van der Waals surface area contributed by atoms with Gasteiger partial charge in [-0.05, 0) is 13.3 Å². The molecule has 0 fully saturated rings. The molecule has 0 spiro atoms. The predicted octanol–water partition coefficient (Wildman–Crippen LogP) is 2.53. The van der Waals surface area contributed by atoms with Crippen molar-refractivity contribution in [3.63, 3.8) is 0 Å². The van der Waals surface area contributed by atoms with Crippen LogP contribution in [-0.2, 0) is 6.42 Å². The van der Waals surface area contributed by atoms with Crippen LogP contribution in [0.3, 0.4) is 0 Å². The fourth-order valence-corrected chi connectivity index (χ4v) is 2.47. The van der Waals surface area contributed by atoms with Crippen LogP contribution in [0.25, 0.3) is 11.0 Å². The van der Waals surface area contributed by atoms with Gasteiger partial charge in [0, 0.05) is 31.1 Å². The molecule has 0 radical (unpaired) electrons. The van der Waals surface area contributed by atoms with E-state index in [0.717, 1.165) is 29.7 Å². The van der Waals surface area contributed by atoms with Gasteiger partial charge in [0.1, 0.15) is 5.82 Å². The third kappa shape index (κ3) is 2.45. The minimum atomic E-state index is 0.208. The summed E-state index contributed by atoms with van der Waals surface area (Å²) < 4.78 is 12.9. The minimum absolute atomic E-state index is 0.208. The molecule has 5 heteroatoms. The zero-order chi connectivity index (χ0) is 14.7. The summed E-state index contributed by atoms with van der Waals surface area (Å²) in [6.07, 6.45) is 1.98. The molecule has 0 saturated heterocycles. The van der Waals surface area contributed by atoms with E-state index < -0.39 is 0 Å². The number of hydrogen-bond acceptors (Lipinski definition) is 4. The van der Waals surface area contributed by atoms with Gasteiger partial charge in [0.05, 0.1) is 25.3 Å². The van der Waals surface area contributed by atoms with Crippen LogP contribution in [0.5, 0.6) is 11.5 Å². The molecule has 0 amide bonds. The second-order valence-corrected chi connectivity index (χ2v) is 4.93. The smallest absolute Gasteiger partial charge is 0.163 e. The molecule has 0 aliphatic heterocycles. The van der Waals surface area contributed by atoms with E-state index in [1.54, 1.807) is 14.2 Å². The average Bonchev–Trinajstić information content (AvgIpc) is 2.82. The molecule has 0 aliphatic rings. The van der Waals surface area contributed by atoms with Crippen LogP contribution in [0.1, 0.15) is 32.1 Å². The molecule has 0 aliphatic carbocycles. The molecule has 20 heavy (non-hydrogen) atoms. The number of benzene rings is 1. The summed E-state index contributed by atoms with van der Waals surface area (Å²) in [5.74, 6) is 2.48. The second-order valence-electron chi connectivity index (χ2n) is 4.93. The van der Waals surface area contributed by atoms with Crippen molar-refractivity contribution in [2.75, 3.05) is 20.8 Å². The maximum absolute atomic E-state index is 5.84. The summed E-state index contributed by atoms with van der Waals surface area (Å²) in [5.41, 5.74) is 7.81. The van der Waals surface area contributed by atoms with Crippen LogP contribution in [0.15, 0.2) is 12.1 Å². The van der Waals surface area contributed by atoms with E-state index in [1.807, 2.05) is 12.1 Å². The van der Waals surface area contributed by atoms with Gasteiger partial charge in [0.25, 0.3) is 0 Å². The number of imidazole rings is 1. The summed E-state index contributed by atoms with van der Waals surface area (Å²) in [6, 6.07) is 4.11. The van der Waals surface area contributed by atoms with Crippen molar-refractivity contribution in [2.24, 2.45) is 5.73 Å². The van der Waals surface area contributed by atoms with Gasteiger partial charge in [0.2, 0.25) is 0 Å². The van der Waals surface area contributed by atoms with Crippen molar-refractivity contribution in [2.45, 2.75) is 32.7 Å². The lowest BCUT2D eigenvalue weighted by molar-refractivity contribution is 0.355. The molecular weight excluding hydrogens is 254 g/mol. The maximum atomic E-state index is 5.84. The Balaban J connectivity index is 2.68. The molecule has 0 bridgehead atoms. The quantitative estimate of drug-likeness (QED) is 0.881. The normalized spacial score (nSPS) is 12.7. The van der Waals surface area contributed by atoms with Gasteiger partial charge in [-0.3, -0.25) is 0 Å². The molecule has 0 saturated carbocycles. The van der Waals surface area contributed by atoms with Gasteiger partial charge in [-0.25, -0.2) is 4.98 Å². The first-order chi connectivity index (χ1) is 9.65. The Bertz CT molecular complexity index is 592. The highest BCUT2D eigenvalue weighted by atomic mass is 16.5. The maximum Gasteiger partial charge on any atom is 0.163 e. The summed E-state index contributed by atoms with van der Waals surface area (Å²) in [7, 11) is 3.28. The fraction of sp³-hybridized carbons (Fsp3) is 0.533. The Morgan fingerprint density at radius 3 is 2.45 bits per heavy atom. The van der Waals surface area contributed by atoms with E-state index in [2.05, 4.69) is 18.4 Å². The van der Waals surface area contributed by atoms with Crippen LogP contribution in [0.2, 0.25) is 0 Å². The number of rotatable bonds is 6. The predicted molar refractivity (Wildman–Crippen MR) is 80.6 cm³/mol. The summed E-state index contributed by atoms with van der Waals surface area (Å²) in [4.78, 5) is 4.73. The van der Waals surface area contributed by atoms with Crippen molar-refractivity contribution < 1.29 is 9.47 Å². The second kappa shape index (κ2) is 6.13. The highest BCUT2D eigenvalue weighted by Crippen LogP contribution is 2.33. The molecule has 2 aromatic rings. The highest BCUT2D eigenvalue weighted by Gasteiger charge is 2.17. The number of aromatic nitrogens is 2. The van der Waals surface area contributed by atoms with E-state index in [4.69, 9.17) is 20.2 Å². The highest BCUT2D eigenvalue weighted by molar-refractivity contribution is 5.81. The van der Waals surface area contributed by atoms with Crippen molar-refractivity contribution >= 4 is 11.0 Å². The first-order valence-corrected chi connectivity index (χ1v) is 6.99. The van der Waals surface area contributed by atoms with Crippen molar-refractivity contribution in [3.05, 3.63) is 18.0 Å². The van der Waals surface area contributed by atoms with E-state index >= 15 is 0 Å². The number of nitrogens with two attached hydrogens (primary N) is 1. The van der Waals surface area contributed by atoms with Gasteiger partial charge in [-0.15, -0.1) is 0 Å². The van der Waals surface area contributed by atoms with E-state index in [9.17, 15) is 0 Å². The first-order valence-electron chi connectivity index (χ1n) is 6.99. The number of ether oxygens (including phenoxy) is 2. The van der Waals surface area contributed by atoms with Crippen molar-refractivity contribution in [1.82, 2.24) is 9.55 Å². The van der Waals surface area contributed by atoms with Crippen LogP contribution >= 0.6 is 0 Å². The van der Waals surface area contributed by atoms with Gasteiger partial charge in [-0.2, -0.15) is 0 Å². The topological polar surface area (TPSA) is 62.3 Å². The van der Waals surface area contributed by atoms with Gasteiger partial charge in [-0.1, -0.05) is 6.92 Å². The molecule has 5 nitrogen and oxygen atoms in total. The molecule has 2 N–H and O–H groups in total. The number of aryl methyl sites for hydroxylation is 1. The Kier molecular flexibility index (Phi) is 4.49. The summed E-state index contributed by atoms with van der Waals surface area (Å²) in [6.45, 7) is 4.84. The van der Waals surface area contributed by atoms with Crippen LogP contribution < -0.4 is 15.2 Å². The van der Waals surface area contributed by atoms with Gasteiger partial charge >= 0.3 is 0 Å². The molecule has 1 heterocycles.